The van der Waals surface area contributed by atoms with Crippen LogP contribution in [0.5, 0.6) is 5.75 Å². The predicted octanol–water partition coefficient (Wildman–Crippen LogP) is 4.58. The molecule has 28 heavy (non-hydrogen) atoms. The van der Waals surface area contributed by atoms with E-state index in [1.165, 1.54) is 12.8 Å². The Bertz CT molecular complexity index is 757. The average molecular weight is 383 g/mol. The molecule has 2 rings (SSSR count). The van der Waals surface area contributed by atoms with Crippen LogP contribution in [0.3, 0.4) is 0 Å². The fourth-order valence-electron chi connectivity index (χ4n) is 2.83. The van der Waals surface area contributed by atoms with Gasteiger partial charge >= 0.3 is 0 Å². The van der Waals surface area contributed by atoms with Gasteiger partial charge in [0.2, 0.25) is 5.91 Å². The highest BCUT2D eigenvalue weighted by molar-refractivity contribution is 6.06. The predicted molar refractivity (Wildman–Crippen MR) is 113 cm³/mol. The van der Waals surface area contributed by atoms with E-state index in [0.29, 0.717) is 36.4 Å². The van der Waals surface area contributed by atoms with Gasteiger partial charge in [0.15, 0.2) is 0 Å². The first kappa shape index (κ1) is 21.5. The smallest absolute Gasteiger partial charge is 0.259 e. The maximum atomic E-state index is 12.7. The van der Waals surface area contributed by atoms with Crippen molar-refractivity contribution in [3.05, 3.63) is 59.7 Å². The molecule has 0 aliphatic carbocycles. The van der Waals surface area contributed by atoms with E-state index < -0.39 is 0 Å². The third kappa shape index (κ3) is 7.06. The molecule has 0 unspecified atom stereocenters. The first-order chi connectivity index (χ1) is 13.6. The monoisotopic (exact) mass is 382 g/mol. The standard InChI is InChI=1S/C23H30N2O3/c1-3-4-5-8-17-28-21-10-7-6-9-20(21)23(27)25-19-14-11-18(12-15-19)13-16-22(26)24-2/h6-7,9-12,14-15H,3-5,8,13,16-17H2,1-2H3,(H,24,26)(H,25,27). The van der Waals surface area contributed by atoms with Crippen molar-refractivity contribution < 1.29 is 14.3 Å². The molecule has 0 bridgehead atoms. The van der Waals surface area contributed by atoms with Gasteiger partial charge in [-0.25, -0.2) is 0 Å². The van der Waals surface area contributed by atoms with Crippen LogP contribution in [-0.4, -0.2) is 25.5 Å². The molecule has 0 atom stereocenters. The number of unbranched alkanes of at least 4 members (excludes halogenated alkanes) is 3. The number of hydrogen-bond acceptors (Lipinski definition) is 3. The van der Waals surface area contributed by atoms with Gasteiger partial charge in [-0.1, -0.05) is 50.5 Å². The minimum Gasteiger partial charge on any atom is -0.493 e. The summed E-state index contributed by atoms with van der Waals surface area (Å²) >= 11 is 0. The Morgan fingerprint density at radius 1 is 0.964 bits per heavy atom. The highest BCUT2D eigenvalue weighted by atomic mass is 16.5. The zero-order chi connectivity index (χ0) is 20.2. The zero-order valence-corrected chi connectivity index (χ0v) is 16.8. The summed E-state index contributed by atoms with van der Waals surface area (Å²) in [5.41, 5.74) is 2.30. The normalized spacial score (nSPS) is 10.4. The molecule has 0 saturated carbocycles. The zero-order valence-electron chi connectivity index (χ0n) is 16.8. The quantitative estimate of drug-likeness (QED) is 0.559. The highest BCUT2D eigenvalue weighted by Gasteiger charge is 2.12. The summed E-state index contributed by atoms with van der Waals surface area (Å²) < 4.78 is 5.83. The molecule has 5 nitrogen and oxygen atoms in total. The Morgan fingerprint density at radius 3 is 2.43 bits per heavy atom. The van der Waals surface area contributed by atoms with Crippen molar-refractivity contribution in [2.24, 2.45) is 0 Å². The molecule has 2 N–H and O–H groups in total. The SMILES string of the molecule is CCCCCCOc1ccccc1C(=O)Nc1ccc(CCC(=O)NC)cc1. The Labute approximate surface area is 167 Å². The molecule has 5 heteroatoms. The fraction of sp³-hybridized carbons (Fsp3) is 0.391. The van der Waals surface area contributed by atoms with E-state index in [4.69, 9.17) is 4.74 Å². The lowest BCUT2D eigenvalue weighted by Gasteiger charge is -2.12. The molecule has 0 spiro atoms. The van der Waals surface area contributed by atoms with Crippen molar-refractivity contribution in [3.63, 3.8) is 0 Å². The third-order valence-corrected chi connectivity index (χ3v) is 4.52. The minimum atomic E-state index is -0.192. The second kappa shape index (κ2) is 11.8. The molecule has 0 aliphatic heterocycles. The number of nitrogens with one attached hydrogen (secondary N) is 2. The van der Waals surface area contributed by atoms with E-state index in [2.05, 4.69) is 17.6 Å². The number of rotatable bonds is 11. The maximum absolute atomic E-state index is 12.7. The van der Waals surface area contributed by atoms with Crippen LogP contribution in [0.2, 0.25) is 0 Å². The van der Waals surface area contributed by atoms with Gasteiger partial charge in [0.25, 0.3) is 5.91 Å². The van der Waals surface area contributed by atoms with E-state index in [1.807, 2.05) is 42.5 Å². The number of anilines is 1. The first-order valence-corrected chi connectivity index (χ1v) is 9.96. The van der Waals surface area contributed by atoms with Crippen molar-refractivity contribution in [1.82, 2.24) is 5.32 Å². The van der Waals surface area contributed by atoms with Gasteiger partial charge in [0.1, 0.15) is 5.75 Å². The van der Waals surface area contributed by atoms with E-state index in [0.717, 1.165) is 18.4 Å². The first-order valence-electron chi connectivity index (χ1n) is 9.96. The number of aryl methyl sites for hydroxylation is 1. The van der Waals surface area contributed by atoms with Gasteiger partial charge in [-0.15, -0.1) is 0 Å². The Kier molecular flexibility index (Phi) is 9.05. The fourth-order valence-corrected chi connectivity index (χ4v) is 2.83. The number of hydrogen-bond donors (Lipinski definition) is 2. The summed E-state index contributed by atoms with van der Waals surface area (Å²) in [4.78, 5) is 24.0. The van der Waals surface area contributed by atoms with Crippen molar-refractivity contribution >= 4 is 17.5 Å². The Balaban J connectivity index is 1.92. The van der Waals surface area contributed by atoms with E-state index in [-0.39, 0.29) is 11.8 Å². The maximum Gasteiger partial charge on any atom is 0.259 e. The number of benzene rings is 2. The van der Waals surface area contributed by atoms with Crippen LogP contribution >= 0.6 is 0 Å². The summed E-state index contributed by atoms with van der Waals surface area (Å²) in [6.45, 7) is 2.79. The molecule has 0 saturated heterocycles. The van der Waals surface area contributed by atoms with E-state index in [1.54, 1.807) is 13.1 Å². The van der Waals surface area contributed by atoms with Crippen molar-refractivity contribution in [2.75, 3.05) is 19.0 Å². The van der Waals surface area contributed by atoms with Gasteiger partial charge in [0.05, 0.1) is 12.2 Å². The molecule has 2 aromatic rings. The van der Waals surface area contributed by atoms with Crippen LogP contribution in [0.1, 0.15) is 54.9 Å². The van der Waals surface area contributed by atoms with Gasteiger partial charge in [-0.2, -0.15) is 0 Å². The summed E-state index contributed by atoms with van der Waals surface area (Å²) in [7, 11) is 1.63. The van der Waals surface area contributed by atoms with Crippen molar-refractivity contribution in [2.45, 2.75) is 45.4 Å². The number of amides is 2. The summed E-state index contributed by atoms with van der Waals surface area (Å²) in [6, 6.07) is 14.9. The third-order valence-electron chi connectivity index (χ3n) is 4.52. The summed E-state index contributed by atoms with van der Waals surface area (Å²) in [6.07, 6.45) is 5.63. The van der Waals surface area contributed by atoms with Gasteiger partial charge in [-0.05, 0) is 42.7 Å². The molecule has 0 aromatic heterocycles. The Hall–Kier alpha value is -2.82. The van der Waals surface area contributed by atoms with Crippen LogP contribution in [-0.2, 0) is 11.2 Å². The lowest BCUT2D eigenvalue weighted by molar-refractivity contribution is -0.120. The second-order valence-corrected chi connectivity index (χ2v) is 6.73. The topological polar surface area (TPSA) is 67.4 Å². The number of para-hydroxylation sites is 1. The van der Waals surface area contributed by atoms with E-state index >= 15 is 0 Å². The molecular formula is C23H30N2O3. The summed E-state index contributed by atoms with van der Waals surface area (Å²) in [5.74, 6) is 0.435. The van der Waals surface area contributed by atoms with Crippen LogP contribution < -0.4 is 15.4 Å². The number of ether oxygens (including phenoxy) is 1. The Morgan fingerprint density at radius 2 is 1.71 bits per heavy atom. The molecular weight excluding hydrogens is 352 g/mol. The summed E-state index contributed by atoms with van der Waals surface area (Å²) in [5, 5.41) is 5.53. The van der Waals surface area contributed by atoms with Crippen molar-refractivity contribution in [1.29, 1.82) is 0 Å². The number of carbonyl (C=O) groups is 2. The molecule has 0 heterocycles. The molecule has 2 amide bonds. The molecule has 150 valence electrons. The lowest BCUT2D eigenvalue weighted by atomic mass is 10.1. The average Bonchev–Trinajstić information content (AvgIpc) is 2.73. The highest BCUT2D eigenvalue weighted by Crippen LogP contribution is 2.21. The van der Waals surface area contributed by atoms with E-state index in [9.17, 15) is 9.59 Å². The van der Waals surface area contributed by atoms with Crippen LogP contribution in [0.4, 0.5) is 5.69 Å². The minimum absolute atomic E-state index is 0.0173. The van der Waals surface area contributed by atoms with Crippen molar-refractivity contribution in [3.8, 4) is 5.75 Å². The molecule has 2 aromatic carbocycles. The molecule has 0 aliphatic rings. The second-order valence-electron chi connectivity index (χ2n) is 6.73. The van der Waals surface area contributed by atoms with Crippen LogP contribution in [0.15, 0.2) is 48.5 Å². The van der Waals surface area contributed by atoms with Gasteiger partial charge < -0.3 is 15.4 Å². The van der Waals surface area contributed by atoms with Crippen LogP contribution in [0.25, 0.3) is 0 Å². The van der Waals surface area contributed by atoms with Gasteiger partial charge in [0, 0.05) is 19.2 Å². The largest absolute Gasteiger partial charge is 0.493 e. The molecule has 0 radical (unpaired) electrons. The number of carbonyl (C=O) groups excluding carboxylic acids is 2. The molecule has 0 fully saturated rings. The van der Waals surface area contributed by atoms with Gasteiger partial charge in [-0.3, -0.25) is 9.59 Å². The lowest BCUT2D eigenvalue weighted by Crippen LogP contribution is -2.17. The van der Waals surface area contributed by atoms with Crippen LogP contribution in [0, 0.1) is 0 Å².